The summed E-state index contributed by atoms with van der Waals surface area (Å²) in [7, 11) is 1.44. The second-order valence-electron chi connectivity index (χ2n) is 8.52. The Labute approximate surface area is 197 Å². The second kappa shape index (κ2) is 8.08. The Morgan fingerprint density at radius 3 is 2.63 bits per heavy atom. The molecular formula is C25H23N3O7. The fourth-order valence-corrected chi connectivity index (χ4v) is 4.41. The van der Waals surface area contributed by atoms with Gasteiger partial charge in [0.15, 0.2) is 29.1 Å². The second-order valence-corrected chi connectivity index (χ2v) is 8.52. The summed E-state index contributed by atoms with van der Waals surface area (Å²) in [5.74, 6) is -0.707. The maximum Gasteiger partial charge on any atom is 0.341 e. The van der Waals surface area contributed by atoms with Crippen molar-refractivity contribution >= 4 is 39.1 Å². The van der Waals surface area contributed by atoms with E-state index in [9.17, 15) is 19.5 Å². The zero-order valence-corrected chi connectivity index (χ0v) is 19.5. The minimum Gasteiger partial charge on any atom is -0.493 e. The number of H-pyrrole nitrogens is 2. The van der Waals surface area contributed by atoms with Crippen LogP contribution in [-0.2, 0) is 4.79 Å². The molecule has 35 heavy (non-hydrogen) atoms. The normalized spacial score (nSPS) is 11.7. The molecule has 0 saturated heterocycles. The molecule has 0 aliphatic rings. The Morgan fingerprint density at radius 1 is 1.17 bits per heavy atom. The number of aromatic amines is 2. The molecular weight excluding hydrogens is 454 g/mol. The molecule has 3 aromatic heterocycles. The van der Waals surface area contributed by atoms with Gasteiger partial charge in [0, 0.05) is 28.1 Å². The lowest BCUT2D eigenvalue weighted by atomic mass is 10.00. The van der Waals surface area contributed by atoms with Crippen molar-refractivity contribution in [3.8, 4) is 22.6 Å². The molecule has 0 amide bonds. The number of carboxylic acids is 1. The standard InChI is InChI=1S/C25H23N3O7/c1-11(2)28-24-19(25(32)27-28)18(13-6-5-7-16(33-4)22(13)34-10-17(30)31)23-20(26-24)14-8-9-15(29)12(3)21(14)35-23/h5-9,11,26H,10H2,1-4H3,(H,27,32)(H,30,31). The molecule has 0 bridgehead atoms. The zero-order valence-electron chi connectivity index (χ0n) is 19.5. The number of fused-ring (bicyclic) bond motifs is 4. The highest BCUT2D eigenvalue weighted by atomic mass is 16.5. The molecule has 5 aromatic rings. The van der Waals surface area contributed by atoms with Gasteiger partial charge < -0.3 is 24.0 Å². The average Bonchev–Trinajstić information content (AvgIpc) is 3.36. The summed E-state index contributed by atoms with van der Waals surface area (Å²) < 4.78 is 19.0. The minimum absolute atomic E-state index is 0.0806. The van der Waals surface area contributed by atoms with E-state index in [0.717, 1.165) is 0 Å². The lowest BCUT2D eigenvalue weighted by Crippen LogP contribution is -2.11. The summed E-state index contributed by atoms with van der Waals surface area (Å²) in [5, 5.41) is 13.1. The smallest absolute Gasteiger partial charge is 0.341 e. The molecule has 2 aromatic carbocycles. The van der Waals surface area contributed by atoms with Gasteiger partial charge in [0.25, 0.3) is 5.56 Å². The predicted molar refractivity (Wildman–Crippen MR) is 131 cm³/mol. The molecule has 10 heteroatoms. The largest absolute Gasteiger partial charge is 0.493 e. The van der Waals surface area contributed by atoms with Gasteiger partial charge in [0.05, 0.1) is 18.0 Å². The van der Waals surface area contributed by atoms with Gasteiger partial charge in [-0.2, -0.15) is 0 Å². The fourth-order valence-electron chi connectivity index (χ4n) is 4.41. The van der Waals surface area contributed by atoms with Crippen molar-refractivity contribution in [2.24, 2.45) is 0 Å². The predicted octanol–water partition coefficient (Wildman–Crippen LogP) is 3.95. The Morgan fingerprint density at radius 2 is 1.94 bits per heavy atom. The van der Waals surface area contributed by atoms with Gasteiger partial charge in [0.2, 0.25) is 0 Å². The van der Waals surface area contributed by atoms with Crippen LogP contribution in [0.25, 0.3) is 44.2 Å². The first-order valence-corrected chi connectivity index (χ1v) is 11.0. The van der Waals surface area contributed by atoms with E-state index in [4.69, 9.17) is 13.9 Å². The van der Waals surface area contributed by atoms with Crippen molar-refractivity contribution in [3.05, 3.63) is 56.5 Å². The van der Waals surface area contributed by atoms with Crippen LogP contribution in [-0.4, -0.2) is 39.6 Å². The van der Waals surface area contributed by atoms with Crippen LogP contribution >= 0.6 is 0 Å². The van der Waals surface area contributed by atoms with Gasteiger partial charge in [-0.25, -0.2) is 4.79 Å². The Balaban J connectivity index is 2.01. The van der Waals surface area contributed by atoms with E-state index in [0.29, 0.717) is 55.5 Å². The summed E-state index contributed by atoms with van der Waals surface area (Å²) in [5.41, 5.74) is 2.57. The number of aryl methyl sites for hydroxylation is 1. The molecule has 180 valence electrons. The molecule has 0 aliphatic carbocycles. The van der Waals surface area contributed by atoms with Crippen molar-refractivity contribution in [1.82, 2.24) is 14.8 Å². The zero-order chi connectivity index (χ0) is 25.0. The molecule has 0 spiro atoms. The van der Waals surface area contributed by atoms with Crippen molar-refractivity contribution in [2.45, 2.75) is 26.8 Å². The van der Waals surface area contributed by atoms with Gasteiger partial charge in [-0.15, -0.1) is 0 Å². The number of hydrogen-bond donors (Lipinski definition) is 3. The highest BCUT2D eigenvalue weighted by molar-refractivity contribution is 6.15. The number of carbonyl (C=O) groups is 1. The molecule has 0 unspecified atom stereocenters. The van der Waals surface area contributed by atoms with E-state index >= 15 is 0 Å². The lowest BCUT2D eigenvalue weighted by Gasteiger charge is -2.15. The van der Waals surface area contributed by atoms with Crippen molar-refractivity contribution in [1.29, 1.82) is 0 Å². The van der Waals surface area contributed by atoms with Crippen molar-refractivity contribution < 1.29 is 23.8 Å². The number of ether oxygens (including phenoxy) is 2. The molecule has 0 aliphatic heterocycles. The molecule has 0 saturated carbocycles. The lowest BCUT2D eigenvalue weighted by molar-refractivity contribution is -0.139. The summed E-state index contributed by atoms with van der Waals surface area (Å²) in [6.07, 6.45) is 0. The van der Waals surface area contributed by atoms with E-state index < -0.39 is 12.6 Å². The van der Waals surface area contributed by atoms with Gasteiger partial charge in [-0.1, -0.05) is 12.1 Å². The fraction of sp³-hybridized carbons (Fsp3) is 0.240. The Hall–Kier alpha value is -4.47. The number of hydrogen-bond acceptors (Lipinski definition) is 6. The van der Waals surface area contributed by atoms with Crippen LogP contribution < -0.4 is 20.5 Å². The van der Waals surface area contributed by atoms with E-state index in [1.54, 1.807) is 35.9 Å². The van der Waals surface area contributed by atoms with E-state index in [1.165, 1.54) is 13.2 Å². The highest BCUT2D eigenvalue weighted by Gasteiger charge is 2.26. The third kappa shape index (κ3) is 3.37. The highest BCUT2D eigenvalue weighted by Crippen LogP contribution is 2.45. The average molecular weight is 477 g/mol. The monoisotopic (exact) mass is 477 g/mol. The number of benzene rings is 2. The SMILES string of the molecule is COc1cccc(-c2c3oc4c(C)c(=O)ccc4c3[nH]c3c2c(=O)[nH]n3C(C)C)c1OCC(=O)O. The Kier molecular flexibility index (Phi) is 5.16. The summed E-state index contributed by atoms with van der Waals surface area (Å²) in [4.78, 5) is 40.2. The number of carboxylic acid groups (broad SMARTS) is 1. The quantitative estimate of drug-likeness (QED) is 0.336. The topological polar surface area (TPSA) is 140 Å². The third-order valence-corrected chi connectivity index (χ3v) is 6.03. The summed E-state index contributed by atoms with van der Waals surface area (Å²) >= 11 is 0. The number of methoxy groups -OCH3 is 1. The third-order valence-electron chi connectivity index (χ3n) is 6.03. The number of para-hydroxylation sites is 1. The summed E-state index contributed by atoms with van der Waals surface area (Å²) in [6, 6.07) is 8.14. The van der Waals surface area contributed by atoms with Crippen molar-refractivity contribution in [3.63, 3.8) is 0 Å². The minimum atomic E-state index is -1.16. The number of nitrogens with zero attached hydrogens (tertiary/aromatic N) is 1. The molecule has 3 N–H and O–H groups in total. The maximum atomic E-state index is 13.3. The molecule has 0 fully saturated rings. The number of aliphatic carboxylic acids is 1. The first-order chi connectivity index (χ1) is 16.7. The van der Waals surface area contributed by atoms with Crippen LogP contribution in [0.4, 0.5) is 0 Å². The molecule has 0 atom stereocenters. The van der Waals surface area contributed by atoms with E-state index in [-0.39, 0.29) is 22.8 Å². The molecule has 3 heterocycles. The number of rotatable bonds is 6. The summed E-state index contributed by atoms with van der Waals surface area (Å²) in [6.45, 7) is 4.93. The van der Waals surface area contributed by atoms with Gasteiger partial charge in [-0.05, 0) is 39.0 Å². The van der Waals surface area contributed by atoms with Crippen LogP contribution in [0.3, 0.4) is 0 Å². The van der Waals surface area contributed by atoms with E-state index in [1.807, 2.05) is 13.8 Å². The number of pyridine rings is 1. The van der Waals surface area contributed by atoms with Crippen molar-refractivity contribution in [2.75, 3.05) is 13.7 Å². The van der Waals surface area contributed by atoms with Crippen LogP contribution in [0, 0.1) is 6.92 Å². The van der Waals surface area contributed by atoms with Gasteiger partial charge in [0.1, 0.15) is 11.2 Å². The van der Waals surface area contributed by atoms with Crippen LogP contribution in [0.1, 0.15) is 25.5 Å². The number of nitrogens with one attached hydrogen (secondary N) is 2. The first kappa shape index (κ1) is 22.3. The van der Waals surface area contributed by atoms with E-state index in [2.05, 4.69) is 10.1 Å². The van der Waals surface area contributed by atoms with Gasteiger partial charge >= 0.3 is 5.97 Å². The number of furan rings is 1. The first-order valence-electron chi connectivity index (χ1n) is 11.0. The van der Waals surface area contributed by atoms with Crippen LogP contribution in [0.2, 0.25) is 0 Å². The molecule has 0 radical (unpaired) electrons. The molecule has 10 nitrogen and oxygen atoms in total. The maximum absolute atomic E-state index is 13.3. The van der Waals surface area contributed by atoms with Gasteiger partial charge in [-0.3, -0.25) is 19.4 Å². The van der Waals surface area contributed by atoms with Crippen LogP contribution in [0.5, 0.6) is 11.5 Å². The number of aromatic nitrogens is 3. The Bertz CT molecular complexity index is 1750. The molecule has 5 rings (SSSR count). The van der Waals surface area contributed by atoms with Crippen LogP contribution in [0.15, 0.2) is 44.3 Å².